The number of carbonyl (C=O) groups is 1. The van der Waals surface area contributed by atoms with Gasteiger partial charge in [0.1, 0.15) is 5.56 Å². The van der Waals surface area contributed by atoms with Gasteiger partial charge in [0.05, 0.1) is 24.0 Å². The summed E-state index contributed by atoms with van der Waals surface area (Å²) in [5, 5.41) is 22.1. The highest BCUT2D eigenvalue weighted by Crippen LogP contribution is 2.30. The van der Waals surface area contributed by atoms with Crippen molar-refractivity contribution >= 4 is 11.6 Å². The van der Waals surface area contributed by atoms with Crippen LogP contribution >= 0.6 is 0 Å². The van der Waals surface area contributed by atoms with Crippen molar-refractivity contribution in [3.8, 4) is 11.8 Å². The number of nitro benzene ring substituents is 1. The van der Waals surface area contributed by atoms with Gasteiger partial charge in [0, 0.05) is 6.54 Å². The van der Waals surface area contributed by atoms with Crippen molar-refractivity contribution in [3.63, 3.8) is 0 Å². The lowest BCUT2D eigenvalue weighted by Gasteiger charge is -2.08. The Morgan fingerprint density at radius 1 is 1.63 bits per heavy atom. The van der Waals surface area contributed by atoms with Crippen molar-refractivity contribution in [2.45, 2.75) is 6.92 Å². The molecular formula is C12H13N3O4. The Hall–Kier alpha value is -2.62. The van der Waals surface area contributed by atoms with Crippen LogP contribution in [0.4, 0.5) is 5.69 Å². The van der Waals surface area contributed by atoms with Crippen LogP contribution in [-0.2, 0) is 0 Å². The van der Waals surface area contributed by atoms with Gasteiger partial charge in [-0.15, -0.1) is 0 Å². The van der Waals surface area contributed by atoms with Crippen LogP contribution in [0.5, 0.6) is 5.75 Å². The van der Waals surface area contributed by atoms with E-state index in [0.29, 0.717) is 0 Å². The van der Waals surface area contributed by atoms with Gasteiger partial charge in [0.15, 0.2) is 5.75 Å². The number of methoxy groups -OCH3 is 1. The van der Waals surface area contributed by atoms with Gasteiger partial charge in [0.25, 0.3) is 5.91 Å². The summed E-state index contributed by atoms with van der Waals surface area (Å²) in [7, 11) is 1.29. The molecule has 0 unspecified atom stereocenters. The molecule has 1 amide bonds. The SMILES string of the molecule is COc1cccc(C(=O)NC[C@@H](C)C#N)c1[N+](=O)[O-]. The van der Waals surface area contributed by atoms with Gasteiger partial charge in [-0.1, -0.05) is 6.07 Å². The summed E-state index contributed by atoms with van der Waals surface area (Å²) >= 11 is 0. The number of amides is 1. The third-order valence-electron chi connectivity index (χ3n) is 2.44. The monoisotopic (exact) mass is 263 g/mol. The average molecular weight is 263 g/mol. The lowest BCUT2D eigenvalue weighted by molar-refractivity contribution is -0.386. The number of nitriles is 1. The zero-order valence-corrected chi connectivity index (χ0v) is 10.5. The summed E-state index contributed by atoms with van der Waals surface area (Å²) in [5.41, 5.74) is -0.471. The summed E-state index contributed by atoms with van der Waals surface area (Å²) in [6.07, 6.45) is 0. The largest absolute Gasteiger partial charge is 0.490 e. The minimum Gasteiger partial charge on any atom is -0.490 e. The normalized spacial score (nSPS) is 11.2. The van der Waals surface area contributed by atoms with E-state index in [-0.39, 0.29) is 29.5 Å². The molecule has 0 fully saturated rings. The Morgan fingerprint density at radius 2 is 2.32 bits per heavy atom. The number of hydrogen-bond donors (Lipinski definition) is 1. The minimum absolute atomic E-state index is 0.0194. The van der Waals surface area contributed by atoms with E-state index in [1.165, 1.54) is 25.3 Å². The maximum Gasteiger partial charge on any atom is 0.323 e. The molecule has 1 N–H and O–H groups in total. The van der Waals surface area contributed by atoms with Gasteiger partial charge >= 0.3 is 5.69 Å². The molecule has 1 aromatic rings. The fraction of sp³-hybridized carbons (Fsp3) is 0.333. The predicted molar refractivity (Wildman–Crippen MR) is 66.8 cm³/mol. The van der Waals surface area contributed by atoms with Gasteiger partial charge < -0.3 is 10.1 Å². The van der Waals surface area contributed by atoms with Gasteiger partial charge in [0.2, 0.25) is 0 Å². The van der Waals surface area contributed by atoms with Crippen LogP contribution in [0.1, 0.15) is 17.3 Å². The minimum atomic E-state index is -0.665. The molecule has 0 spiro atoms. The first-order chi connectivity index (χ1) is 9.01. The highest BCUT2D eigenvalue weighted by molar-refractivity contribution is 5.99. The van der Waals surface area contributed by atoms with Gasteiger partial charge in [-0.3, -0.25) is 14.9 Å². The molecule has 100 valence electrons. The van der Waals surface area contributed by atoms with Crippen molar-refractivity contribution in [2.24, 2.45) is 5.92 Å². The average Bonchev–Trinajstić information content (AvgIpc) is 2.42. The van der Waals surface area contributed by atoms with Crippen LogP contribution in [0.2, 0.25) is 0 Å². The number of nitro groups is 1. The second-order valence-electron chi connectivity index (χ2n) is 3.85. The van der Waals surface area contributed by atoms with E-state index < -0.39 is 10.8 Å². The number of carbonyl (C=O) groups excluding carboxylic acids is 1. The number of ether oxygens (including phenoxy) is 1. The zero-order chi connectivity index (χ0) is 14.4. The molecule has 0 saturated carbocycles. The van der Waals surface area contributed by atoms with Crippen molar-refractivity contribution in [2.75, 3.05) is 13.7 Å². The quantitative estimate of drug-likeness (QED) is 0.640. The molecule has 0 aliphatic rings. The van der Waals surface area contributed by atoms with E-state index >= 15 is 0 Å². The Morgan fingerprint density at radius 3 is 2.84 bits per heavy atom. The second kappa shape index (κ2) is 6.35. The first kappa shape index (κ1) is 14.4. The van der Waals surface area contributed by atoms with Crippen LogP contribution in [0.15, 0.2) is 18.2 Å². The van der Waals surface area contributed by atoms with Crippen LogP contribution in [0, 0.1) is 27.4 Å². The molecule has 0 aliphatic carbocycles. The van der Waals surface area contributed by atoms with E-state index in [0.717, 1.165) is 0 Å². The van der Waals surface area contributed by atoms with E-state index in [1.54, 1.807) is 6.92 Å². The molecule has 0 saturated heterocycles. The molecule has 0 heterocycles. The molecule has 19 heavy (non-hydrogen) atoms. The van der Waals surface area contributed by atoms with E-state index in [2.05, 4.69) is 5.32 Å². The molecule has 0 aliphatic heterocycles. The molecule has 1 atom stereocenters. The van der Waals surface area contributed by atoms with E-state index in [1.807, 2.05) is 6.07 Å². The Balaban J connectivity index is 3.03. The van der Waals surface area contributed by atoms with Gasteiger partial charge in [-0.05, 0) is 19.1 Å². The summed E-state index contributed by atoms with van der Waals surface area (Å²) in [4.78, 5) is 22.2. The fourth-order valence-corrected chi connectivity index (χ4v) is 1.45. The smallest absolute Gasteiger partial charge is 0.323 e. The third-order valence-corrected chi connectivity index (χ3v) is 2.44. The number of hydrogen-bond acceptors (Lipinski definition) is 5. The number of rotatable bonds is 5. The number of nitrogens with one attached hydrogen (secondary N) is 1. The highest BCUT2D eigenvalue weighted by Gasteiger charge is 2.25. The second-order valence-corrected chi connectivity index (χ2v) is 3.85. The summed E-state index contributed by atoms with van der Waals surface area (Å²) in [5.74, 6) is -0.952. The highest BCUT2D eigenvalue weighted by atomic mass is 16.6. The van der Waals surface area contributed by atoms with Crippen molar-refractivity contribution in [1.82, 2.24) is 5.32 Å². The van der Waals surface area contributed by atoms with Crippen LogP contribution in [0.25, 0.3) is 0 Å². The van der Waals surface area contributed by atoms with E-state index in [4.69, 9.17) is 10.00 Å². The number of benzene rings is 1. The molecule has 1 aromatic carbocycles. The van der Waals surface area contributed by atoms with Gasteiger partial charge in [-0.25, -0.2) is 0 Å². The lowest BCUT2D eigenvalue weighted by atomic mass is 10.1. The topological polar surface area (TPSA) is 105 Å². The Kier molecular flexibility index (Phi) is 4.83. The summed E-state index contributed by atoms with van der Waals surface area (Å²) in [6.45, 7) is 1.77. The summed E-state index contributed by atoms with van der Waals surface area (Å²) < 4.78 is 4.87. The first-order valence-electron chi connectivity index (χ1n) is 5.50. The molecule has 0 aromatic heterocycles. The maximum absolute atomic E-state index is 11.9. The fourth-order valence-electron chi connectivity index (χ4n) is 1.45. The van der Waals surface area contributed by atoms with Crippen LogP contribution in [-0.4, -0.2) is 24.5 Å². The molecular weight excluding hydrogens is 250 g/mol. The Labute approximate surface area is 109 Å². The molecule has 0 radical (unpaired) electrons. The number of nitrogens with zero attached hydrogens (tertiary/aromatic N) is 2. The maximum atomic E-state index is 11.9. The summed E-state index contributed by atoms with van der Waals surface area (Å²) in [6, 6.07) is 6.20. The molecule has 7 nitrogen and oxygen atoms in total. The van der Waals surface area contributed by atoms with Crippen LogP contribution in [0.3, 0.4) is 0 Å². The zero-order valence-electron chi connectivity index (χ0n) is 10.5. The third kappa shape index (κ3) is 3.42. The lowest BCUT2D eigenvalue weighted by Crippen LogP contribution is -2.28. The van der Waals surface area contributed by atoms with Crippen molar-refractivity contribution < 1.29 is 14.5 Å². The van der Waals surface area contributed by atoms with Gasteiger partial charge in [-0.2, -0.15) is 5.26 Å². The predicted octanol–water partition coefficient (Wildman–Crippen LogP) is 1.49. The first-order valence-corrected chi connectivity index (χ1v) is 5.50. The van der Waals surface area contributed by atoms with E-state index in [9.17, 15) is 14.9 Å². The molecule has 0 bridgehead atoms. The van der Waals surface area contributed by atoms with Crippen LogP contribution < -0.4 is 10.1 Å². The standard InChI is InChI=1S/C12H13N3O4/c1-8(6-13)7-14-12(16)9-4-3-5-10(19-2)11(9)15(17)18/h3-5,8H,7H2,1-2H3,(H,14,16)/t8-/m0/s1. The molecule has 7 heteroatoms. The Bertz CT molecular complexity index is 536. The molecule has 1 rings (SSSR count). The van der Waals surface area contributed by atoms with Crippen molar-refractivity contribution in [3.05, 3.63) is 33.9 Å². The van der Waals surface area contributed by atoms with Crippen molar-refractivity contribution in [1.29, 1.82) is 5.26 Å². The number of para-hydroxylation sites is 1.